The number of aromatic nitrogens is 1. The Bertz CT molecular complexity index is 1080. The van der Waals surface area contributed by atoms with Crippen LogP contribution in [0.1, 0.15) is 77.6 Å². The molecule has 0 saturated heterocycles. The number of ether oxygens (including phenoxy) is 1. The summed E-state index contributed by atoms with van der Waals surface area (Å²) in [5.41, 5.74) is 3.15. The van der Waals surface area contributed by atoms with Gasteiger partial charge in [0.05, 0.1) is 12.2 Å². The third-order valence-corrected chi connectivity index (χ3v) is 6.54. The molecule has 0 spiro atoms. The Morgan fingerprint density at radius 1 is 1.12 bits per heavy atom. The quantitative estimate of drug-likeness (QED) is 0.459. The van der Waals surface area contributed by atoms with E-state index in [9.17, 15) is 14.4 Å². The molecule has 2 aromatic rings. The first kappa shape index (κ1) is 24.6. The fourth-order valence-corrected chi connectivity index (χ4v) is 4.85. The van der Waals surface area contributed by atoms with Crippen LogP contribution < -0.4 is 0 Å². The molecule has 0 radical (unpaired) electrons. The Hall–Kier alpha value is -3.02. The monoisotopic (exact) mass is 450 g/mol. The number of benzene rings is 1. The van der Waals surface area contributed by atoms with Crippen LogP contribution in [0.3, 0.4) is 0 Å². The minimum Gasteiger partial charge on any atom is -0.465 e. The zero-order chi connectivity index (χ0) is 24.5. The summed E-state index contributed by atoms with van der Waals surface area (Å²) in [7, 11) is 0. The Balaban J connectivity index is 2.10. The number of amides is 1. The molecular weight excluding hydrogens is 416 g/mol. The maximum absolute atomic E-state index is 13.7. The van der Waals surface area contributed by atoms with Crippen molar-refractivity contribution >= 4 is 17.7 Å². The number of fused-ring (bicyclic) bond motifs is 1. The normalized spacial score (nSPS) is 17.4. The maximum atomic E-state index is 13.7. The number of ketones is 1. The Morgan fingerprint density at radius 2 is 1.76 bits per heavy atom. The second kappa shape index (κ2) is 9.46. The molecule has 0 bridgehead atoms. The Morgan fingerprint density at radius 3 is 2.36 bits per heavy atom. The van der Waals surface area contributed by atoms with E-state index in [-0.39, 0.29) is 43.2 Å². The van der Waals surface area contributed by atoms with Gasteiger partial charge in [0, 0.05) is 30.0 Å². The molecule has 0 aliphatic heterocycles. The van der Waals surface area contributed by atoms with E-state index in [1.165, 1.54) is 6.20 Å². The predicted molar refractivity (Wildman–Crippen MR) is 127 cm³/mol. The van der Waals surface area contributed by atoms with Gasteiger partial charge in [0.1, 0.15) is 5.41 Å². The van der Waals surface area contributed by atoms with Gasteiger partial charge in [0.15, 0.2) is 5.78 Å². The molecule has 1 aliphatic carbocycles. The number of carbonyl (C=O) groups is 3. The van der Waals surface area contributed by atoms with Gasteiger partial charge in [0.2, 0.25) is 0 Å². The third kappa shape index (κ3) is 4.43. The maximum Gasteiger partial charge on any atom is 0.320 e. The minimum atomic E-state index is -1.39. The summed E-state index contributed by atoms with van der Waals surface area (Å²) >= 11 is 0. The van der Waals surface area contributed by atoms with Gasteiger partial charge in [0.25, 0.3) is 5.91 Å². The first-order valence-electron chi connectivity index (χ1n) is 11.6. The summed E-state index contributed by atoms with van der Waals surface area (Å²) in [5.74, 6) is -0.933. The molecule has 1 aromatic carbocycles. The molecule has 6 heteroatoms. The SMILES string of the molecule is CCOC(=O)C1(Cc2ccncc2C(=O)N(C(C)C)C(C)C)Cc2cc(C)c(C)cc2C1=O. The highest BCUT2D eigenvalue weighted by Gasteiger charge is 2.53. The van der Waals surface area contributed by atoms with Crippen molar-refractivity contribution in [2.45, 2.75) is 73.4 Å². The molecule has 1 aromatic heterocycles. The topological polar surface area (TPSA) is 76.6 Å². The lowest BCUT2D eigenvalue weighted by molar-refractivity contribution is -0.152. The fourth-order valence-electron chi connectivity index (χ4n) is 4.85. The number of aryl methyl sites for hydroxylation is 2. The number of pyridine rings is 1. The molecule has 1 unspecified atom stereocenters. The molecule has 1 aliphatic rings. The molecule has 6 nitrogen and oxygen atoms in total. The number of hydrogen-bond acceptors (Lipinski definition) is 5. The summed E-state index contributed by atoms with van der Waals surface area (Å²) in [6.07, 6.45) is 3.48. The first-order valence-corrected chi connectivity index (χ1v) is 11.6. The van der Waals surface area contributed by atoms with Crippen LogP contribution in [0.5, 0.6) is 0 Å². The van der Waals surface area contributed by atoms with Crippen LogP contribution in [0, 0.1) is 19.3 Å². The first-order chi connectivity index (χ1) is 15.5. The third-order valence-electron chi connectivity index (χ3n) is 6.54. The van der Waals surface area contributed by atoms with Crippen LogP contribution in [0.15, 0.2) is 30.6 Å². The van der Waals surface area contributed by atoms with Crippen LogP contribution in [0.4, 0.5) is 0 Å². The van der Waals surface area contributed by atoms with Crippen LogP contribution in [0.2, 0.25) is 0 Å². The molecule has 0 N–H and O–H groups in total. The average Bonchev–Trinajstić information content (AvgIpc) is 3.00. The highest BCUT2D eigenvalue weighted by atomic mass is 16.5. The predicted octanol–water partition coefficient (Wildman–Crippen LogP) is 4.49. The number of nitrogens with zero attached hydrogens (tertiary/aromatic N) is 2. The van der Waals surface area contributed by atoms with E-state index in [2.05, 4.69) is 4.98 Å². The van der Waals surface area contributed by atoms with Crippen molar-refractivity contribution in [3.8, 4) is 0 Å². The van der Waals surface area contributed by atoms with E-state index >= 15 is 0 Å². The molecule has 33 heavy (non-hydrogen) atoms. The largest absolute Gasteiger partial charge is 0.465 e. The minimum absolute atomic E-state index is 0.00658. The van der Waals surface area contributed by atoms with Crippen LogP contribution in [-0.4, -0.2) is 46.2 Å². The zero-order valence-corrected chi connectivity index (χ0v) is 20.7. The van der Waals surface area contributed by atoms with Gasteiger partial charge in [-0.05, 0) is 95.7 Å². The molecule has 0 saturated carbocycles. The van der Waals surface area contributed by atoms with Crippen molar-refractivity contribution in [2.75, 3.05) is 6.61 Å². The van der Waals surface area contributed by atoms with Crippen LogP contribution >= 0.6 is 0 Å². The van der Waals surface area contributed by atoms with E-state index in [1.54, 1.807) is 24.1 Å². The Kier molecular flexibility index (Phi) is 7.06. The van der Waals surface area contributed by atoms with Crippen molar-refractivity contribution < 1.29 is 19.1 Å². The summed E-state index contributed by atoms with van der Waals surface area (Å²) < 4.78 is 5.42. The lowest BCUT2D eigenvalue weighted by Crippen LogP contribution is -2.44. The number of Topliss-reactive ketones (excluding diaryl/α,β-unsaturated/α-hetero) is 1. The lowest BCUT2D eigenvalue weighted by atomic mass is 9.77. The van der Waals surface area contributed by atoms with E-state index in [0.717, 1.165) is 16.7 Å². The van der Waals surface area contributed by atoms with Gasteiger partial charge in [-0.3, -0.25) is 19.4 Å². The summed E-state index contributed by atoms with van der Waals surface area (Å²) in [6.45, 7) is 13.7. The van der Waals surface area contributed by atoms with Gasteiger partial charge in [-0.1, -0.05) is 6.07 Å². The molecule has 0 fully saturated rings. The molecule has 1 amide bonds. The summed E-state index contributed by atoms with van der Waals surface area (Å²) in [5, 5.41) is 0. The van der Waals surface area contributed by atoms with Gasteiger partial charge in [-0.25, -0.2) is 0 Å². The fraction of sp³-hybridized carbons (Fsp3) is 0.481. The van der Waals surface area contributed by atoms with Gasteiger partial charge < -0.3 is 9.64 Å². The average molecular weight is 451 g/mol. The second-order valence-electron chi connectivity index (χ2n) is 9.51. The molecule has 176 valence electrons. The van der Waals surface area contributed by atoms with Crippen molar-refractivity contribution in [1.82, 2.24) is 9.88 Å². The standard InChI is InChI=1S/C27H34N2O4/c1-8-33-26(32)27(14-21-11-18(6)19(7)12-22(21)24(27)30)13-20-9-10-28-15-23(20)25(31)29(16(2)3)17(4)5/h9-12,15-17H,8,13-14H2,1-7H3. The second-order valence-corrected chi connectivity index (χ2v) is 9.51. The van der Waals surface area contributed by atoms with Crippen LogP contribution in [-0.2, 0) is 22.4 Å². The number of carbonyl (C=O) groups excluding carboxylic acids is 3. The van der Waals surface area contributed by atoms with Gasteiger partial charge >= 0.3 is 5.97 Å². The number of esters is 1. The summed E-state index contributed by atoms with van der Waals surface area (Å²) in [4.78, 5) is 46.5. The molecular formula is C27H34N2O4. The van der Waals surface area contributed by atoms with Crippen molar-refractivity contribution in [2.24, 2.45) is 5.41 Å². The molecule has 3 rings (SSSR count). The van der Waals surface area contributed by atoms with Crippen molar-refractivity contribution in [3.05, 3.63) is 64.0 Å². The highest BCUT2D eigenvalue weighted by molar-refractivity contribution is 6.16. The van der Waals surface area contributed by atoms with E-state index in [1.807, 2.05) is 53.7 Å². The molecule has 1 atom stereocenters. The van der Waals surface area contributed by atoms with Crippen molar-refractivity contribution in [3.63, 3.8) is 0 Å². The number of hydrogen-bond donors (Lipinski definition) is 0. The van der Waals surface area contributed by atoms with E-state index in [4.69, 9.17) is 4.74 Å². The lowest BCUT2D eigenvalue weighted by Gasteiger charge is -2.32. The Labute approximate surface area is 196 Å². The van der Waals surface area contributed by atoms with E-state index in [0.29, 0.717) is 16.7 Å². The van der Waals surface area contributed by atoms with E-state index < -0.39 is 11.4 Å². The number of rotatable bonds is 7. The van der Waals surface area contributed by atoms with Gasteiger partial charge in [-0.2, -0.15) is 0 Å². The highest BCUT2D eigenvalue weighted by Crippen LogP contribution is 2.42. The molecule has 1 heterocycles. The van der Waals surface area contributed by atoms with Crippen molar-refractivity contribution in [1.29, 1.82) is 0 Å². The summed E-state index contributed by atoms with van der Waals surface area (Å²) in [6, 6.07) is 5.58. The zero-order valence-electron chi connectivity index (χ0n) is 20.7. The van der Waals surface area contributed by atoms with Crippen LogP contribution in [0.25, 0.3) is 0 Å². The van der Waals surface area contributed by atoms with Gasteiger partial charge in [-0.15, -0.1) is 0 Å². The smallest absolute Gasteiger partial charge is 0.320 e.